The van der Waals surface area contributed by atoms with Crippen molar-refractivity contribution in [2.24, 2.45) is 5.92 Å². The number of benzene rings is 1. The molecule has 2 atom stereocenters. The number of carbonyl (C=O) groups is 2. The molecule has 2 heterocycles. The minimum atomic E-state index is -0.352. The number of aryl methyl sites for hydroxylation is 2. The van der Waals surface area contributed by atoms with Crippen molar-refractivity contribution in [1.29, 1.82) is 0 Å². The minimum absolute atomic E-state index is 0.00460. The topological polar surface area (TPSA) is 52.6 Å². The van der Waals surface area contributed by atoms with E-state index in [-0.39, 0.29) is 23.9 Å². The van der Waals surface area contributed by atoms with Crippen LogP contribution in [-0.4, -0.2) is 53.3 Å². The van der Waals surface area contributed by atoms with Gasteiger partial charge in [-0.15, -0.1) is 0 Å². The Bertz CT molecular complexity index is 671. The summed E-state index contributed by atoms with van der Waals surface area (Å²) >= 11 is 0. The van der Waals surface area contributed by atoms with Gasteiger partial charge in [0.25, 0.3) is 0 Å². The van der Waals surface area contributed by atoms with Gasteiger partial charge in [-0.25, -0.2) is 0 Å². The van der Waals surface area contributed by atoms with Crippen LogP contribution < -0.4 is 5.32 Å². The molecular weight excluding hydrogens is 314 g/mol. The van der Waals surface area contributed by atoms with Crippen LogP contribution in [0.2, 0.25) is 0 Å². The van der Waals surface area contributed by atoms with E-state index in [1.54, 1.807) is 4.90 Å². The van der Waals surface area contributed by atoms with Crippen LogP contribution in [-0.2, 0) is 16.1 Å². The normalized spacial score (nSPS) is 24.4. The second-order valence-corrected chi connectivity index (χ2v) is 7.89. The van der Waals surface area contributed by atoms with Crippen molar-refractivity contribution in [1.82, 2.24) is 15.1 Å². The Kier molecular flexibility index (Phi) is 5.13. The van der Waals surface area contributed by atoms with E-state index in [0.29, 0.717) is 25.4 Å². The Balaban J connectivity index is 1.66. The first-order valence-corrected chi connectivity index (χ1v) is 9.24. The lowest BCUT2D eigenvalue weighted by Crippen LogP contribution is -2.69. The highest BCUT2D eigenvalue weighted by Gasteiger charge is 2.43. The second-order valence-electron chi connectivity index (χ2n) is 7.89. The van der Waals surface area contributed by atoms with Crippen molar-refractivity contribution >= 4 is 11.8 Å². The number of hydrogen-bond donors (Lipinski definition) is 1. The largest absolute Gasteiger partial charge is 0.342 e. The molecule has 2 saturated heterocycles. The SMILES string of the molecule is Cc1ccc(CN2CCN3C(=O)[C@@H](CC(C)C)NC(=O)[C@H]3C2)cc1C. The molecule has 136 valence electrons. The van der Waals surface area contributed by atoms with Gasteiger partial charge in [0.05, 0.1) is 0 Å². The Morgan fingerprint density at radius 1 is 1.16 bits per heavy atom. The molecule has 0 aromatic heterocycles. The Morgan fingerprint density at radius 3 is 2.60 bits per heavy atom. The molecule has 1 aromatic carbocycles. The molecule has 5 nitrogen and oxygen atoms in total. The molecule has 2 amide bonds. The third-order valence-electron chi connectivity index (χ3n) is 5.35. The minimum Gasteiger partial charge on any atom is -0.342 e. The first-order valence-electron chi connectivity index (χ1n) is 9.24. The van der Waals surface area contributed by atoms with E-state index >= 15 is 0 Å². The van der Waals surface area contributed by atoms with Gasteiger partial charge in [-0.2, -0.15) is 0 Å². The summed E-state index contributed by atoms with van der Waals surface area (Å²) in [6.45, 7) is 11.3. The van der Waals surface area contributed by atoms with Crippen molar-refractivity contribution < 1.29 is 9.59 Å². The highest BCUT2D eigenvalue weighted by molar-refractivity contribution is 5.97. The Morgan fingerprint density at radius 2 is 1.92 bits per heavy atom. The average molecular weight is 343 g/mol. The molecule has 0 radical (unpaired) electrons. The maximum Gasteiger partial charge on any atom is 0.245 e. The molecule has 2 aliphatic rings. The lowest BCUT2D eigenvalue weighted by Gasteiger charge is -2.45. The summed E-state index contributed by atoms with van der Waals surface area (Å²) in [5.74, 6) is 0.469. The standard InChI is InChI=1S/C20H29N3O2/c1-13(2)9-17-20(25)23-8-7-22(12-18(23)19(24)21-17)11-16-6-5-14(3)15(4)10-16/h5-6,10,13,17-18H,7-9,11-12H2,1-4H3,(H,21,24)/t17-,18-/m1/s1. The molecule has 2 aliphatic heterocycles. The summed E-state index contributed by atoms with van der Waals surface area (Å²) in [4.78, 5) is 29.3. The van der Waals surface area contributed by atoms with Crippen LogP contribution in [0.4, 0.5) is 0 Å². The molecule has 2 fully saturated rings. The van der Waals surface area contributed by atoms with Gasteiger partial charge in [0.2, 0.25) is 11.8 Å². The summed E-state index contributed by atoms with van der Waals surface area (Å²) in [6, 6.07) is 5.81. The van der Waals surface area contributed by atoms with Crippen LogP contribution in [0.3, 0.4) is 0 Å². The summed E-state index contributed by atoms with van der Waals surface area (Å²) in [5, 5.41) is 2.94. The highest BCUT2D eigenvalue weighted by Crippen LogP contribution is 2.21. The lowest BCUT2D eigenvalue weighted by atomic mass is 9.97. The van der Waals surface area contributed by atoms with E-state index in [1.807, 2.05) is 0 Å². The van der Waals surface area contributed by atoms with Crippen molar-refractivity contribution in [3.8, 4) is 0 Å². The molecule has 3 rings (SSSR count). The number of rotatable bonds is 4. The lowest BCUT2D eigenvalue weighted by molar-refractivity contribution is -0.153. The zero-order valence-electron chi connectivity index (χ0n) is 15.7. The molecule has 0 aliphatic carbocycles. The van der Waals surface area contributed by atoms with E-state index in [9.17, 15) is 9.59 Å². The van der Waals surface area contributed by atoms with Crippen molar-refractivity contribution in [3.63, 3.8) is 0 Å². The predicted molar refractivity (Wildman–Crippen MR) is 98.1 cm³/mol. The van der Waals surface area contributed by atoms with Crippen molar-refractivity contribution in [2.45, 2.75) is 52.7 Å². The zero-order chi connectivity index (χ0) is 18.1. The molecule has 0 bridgehead atoms. The number of hydrogen-bond acceptors (Lipinski definition) is 3. The Hall–Kier alpha value is -1.88. The fourth-order valence-electron chi connectivity index (χ4n) is 3.79. The predicted octanol–water partition coefficient (Wildman–Crippen LogP) is 1.86. The molecule has 0 spiro atoms. The van der Waals surface area contributed by atoms with Crippen LogP contribution in [0, 0.1) is 19.8 Å². The first kappa shape index (κ1) is 17.9. The van der Waals surface area contributed by atoms with Crippen molar-refractivity contribution in [2.75, 3.05) is 19.6 Å². The zero-order valence-corrected chi connectivity index (χ0v) is 15.7. The second kappa shape index (κ2) is 7.16. The average Bonchev–Trinajstić information content (AvgIpc) is 2.55. The highest BCUT2D eigenvalue weighted by atomic mass is 16.2. The van der Waals surface area contributed by atoms with E-state index in [2.05, 4.69) is 56.1 Å². The maximum absolute atomic E-state index is 12.7. The van der Waals surface area contributed by atoms with Gasteiger partial charge in [0.15, 0.2) is 0 Å². The van der Waals surface area contributed by atoms with E-state index in [4.69, 9.17) is 0 Å². The van der Waals surface area contributed by atoms with Crippen LogP contribution in [0.15, 0.2) is 18.2 Å². The molecule has 0 unspecified atom stereocenters. The number of fused-ring (bicyclic) bond motifs is 1. The monoisotopic (exact) mass is 343 g/mol. The van der Waals surface area contributed by atoms with Gasteiger partial charge in [-0.05, 0) is 42.9 Å². The number of carbonyl (C=O) groups excluding carboxylic acids is 2. The quantitative estimate of drug-likeness (QED) is 0.908. The summed E-state index contributed by atoms with van der Waals surface area (Å²) in [6.07, 6.45) is 0.708. The van der Waals surface area contributed by atoms with Gasteiger partial charge >= 0.3 is 0 Å². The summed E-state index contributed by atoms with van der Waals surface area (Å²) < 4.78 is 0. The number of nitrogens with one attached hydrogen (secondary N) is 1. The third-order valence-corrected chi connectivity index (χ3v) is 5.35. The van der Waals surface area contributed by atoms with Gasteiger partial charge in [-0.1, -0.05) is 32.0 Å². The number of amides is 2. The van der Waals surface area contributed by atoms with Crippen LogP contribution in [0.25, 0.3) is 0 Å². The van der Waals surface area contributed by atoms with Gasteiger partial charge < -0.3 is 10.2 Å². The molecule has 25 heavy (non-hydrogen) atoms. The molecular formula is C20H29N3O2. The number of nitrogens with zero attached hydrogens (tertiary/aromatic N) is 2. The maximum atomic E-state index is 12.7. The molecule has 0 saturated carbocycles. The van der Waals surface area contributed by atoms with Crippen LogP contribution in [0.5, 0.6) is 0 Å². The van der Waals surface area contributed by atoms with Crippen LogP contribution in [0.1, 0.15) is 37.0 Å². The van der Waals surface area contributed by atoms with E-state index in [0.717, 1.165) is 13.1 Å². The van der Waals surface area contributed by atoms with Gasteiger partial charge in [0.1, 0.15) is 12.1 Å². The van der Waals surface area contributed by atoms with Gasteiger partial charge in [0, 0.05) is 26.2 Å². The molecule has 1 N–H and O–H groups in total. The van der Waals surface area contributed by atoms with Crippen molar-refractivity contribution in [3.05, 3.63) is 34.9 Å². The summed E-state index contributed by atoms with van der Waals surface area (Å²) in [5.41, 5.74) is 3.84. The van der Waals surface area contributed by atoms with E-state index < -0.39 is 0 Å². The summed E-state index contributed by atoms with van der Waals surface area (Å²) in [7, 11) is 0. The molecule has 1 aromatic rings. The smallest absolute Gasteiger partial charge is 0.245 e. The Labute approximate surface area is 150 Å². The van der Waals surface area contributed by atoms with E-state index in [1.165, 1.54) is 16.7 Å². The fraction of sp³-hybridized carbons (Fsp3) is 0.600. The molecule has 5 heteroatoms. The number of piperazine rings is 2. The van der Waals surface area contributed by atoms with Gasteiger partial charge in [-0.3, -0.25) is 14.5 Å². The van der Waals surface area contributed by atoms with Crippen LogP contribution >= 0.6 is 0 Å². The fourth-order valence-corrected chi connectivity index (χ4v) is 3.79. The third kappa shape index (κ3) is 3.87. The first-order chi connectivity index (χ1) is 11.8.